The van der Waals surface area contributed by atoms with E-state index in [-0.39, 0.29) is 17.9 Å². The van der Waals surface area contributed by atoms with Crippen LogP contribution in [0, 0.1) is 5.92 Å². The summed E-state index contributed by atoms with van der Waals surface area (Å²) in [6.07, 6.45) is -2.67. The first-order valence-corrected chi connectivity index (χ1v) is 7.49. The Morgan fingerprint density at radius 3 is 2.77 bits per heavy atom. The van der Waals surface area contributed by atoms with Crippen LogP contribution in [0.1, 0.15) is 24.0 Å². The molecular formula is C16H21F3N2O. The van der Waals surface area contributed by atoms with Crippen molar-refractivity contribution in [2.45, 2.75) is 25.4 Å². The fourth-order valence-electron chi connectivity index (χ4n) is 2.97. The Morgan fingerprint density at radius 2 is 2.09 bits per heavy atom. The van der Waals surface area contributed by atoms with E-state index in [0.717, 1.165) is 25.5 Å². The number of hydrogen-bond acceptors (Lipinski definition) is 2. The highest BCUT2D eigenvalue weighted by molar-refractivity contribution is 5.79. The third kappa shape index (κ3) is 4.22. The number of nitrogens with one attached hydrogen (secondary N) is 1. The van der Waals surface area contributed by atoms with Gasteiger partial charge in [0.1, 0.15) is 0 Å². The Bertz CT molecular complexity index is 514. The van der Waals surface area contributed by atoms with Crippen molar-refractivity contribution in [3.05, 3.63) is 35.4 Å². The normalized spacial score (nSPS) is 19.3. The average molecular weight is 314 g/mol. The van der Waals surface area contributed by atoms with Gasteiger partial charge < -0.3 is 10.2 Å². The van der Waals surface area contributed by atoms with Crippen molar-refractivity contribution in [2.24, 2.45) is 5.92 Å². The summed E-state index contributed by atoms with van der Waals surface area (Å²) >= 11 is 0. The molecule has 1 atom stereocenters. The molecule has 0 radical (unpaired) electrons. The smallest absolute Gasteiger partial charge is 0.342 e. The Kier molecular flexibility index (Phi) is 5.45. The van der Waals surface area contributed by atoms with Crippen LogP contribution in [0.15, 0.2) is 24.3 Å². The molecule has 1 aliphatic heterocycles. The summed E-state index contributed by atoms with van der Waals surface area (Å²) < 4.78 is 38.9. The lowest BCUT2D eigenvalue weighted by Gasteiger charge is -2.33. The number of alkyl halides is 3. The van der Waals surface area contributed by atoms with Gasteiger partial charge in [-0.1, -0.05) is 18.2 Å². The molecule has 122 valence electrons. The lowest BCUT2D eigenvalue weighted by Crippen LogP contribution is -2.43. The molecule has 0 spiro atoms. The Hall–Kier alpha value is -1.56. The summed E-state index contributed by atoms with van der Waals surface area (Å²) in [5, 5.41) is 3.09. The number of carbonyl (C=O) groups excluding carboxylic acids is 1. The van der Waals surface area contributed by atoms with E-state index in [1.807, 2.05) is 7.05 Å². The zero-order valence-corrected chi connectivity index (χ0v) is 12.6. The molecule has 1 saturated heterocycles. The lowest BCUT2D eigenvalue weighted by atomic mass is 9.97. The third-order valence-electron chi connectivity index (χ3n) is 4.03. The van der Waals surface area contributed by atoms with E-state index in [1.54, 1.807) is 4.90 Å². The maximum atomic E-state index is 13.0. The van der Waals surface area contributed by atoms with E-state index < -0.39 is 11.7 Å². The van der Waals surface area contributed by atoms with Crippen molar-refractivity contribution in [3.63, 3.8) is 0 Å². The van der Waals surface area contributed by atoms with Crippen LogP contribution >= 0.6 is 0 Å². The Balaban J connectivity index is 2.06. The second kappa shape index (κ2) is 7.13. The van der Waals surface area contributed by atoms with E-state index in [2.05, 4.69) is 5.32 Å². The summed E-state index contributed by atoms with van der Waals surface area (Å²) in [6.45, 7) is 2.07. The number of carbonyl (C=O) groups is 1. The van der Waals surface area contributed by atoms with Crippen LogP contribution in [0.4, 0.5) is 13.2 Å². The molecule has 1 aromatic rings. The molecule has 1 N–H and O–H groups in total. The van der Waals surface area contributed by atoms with Crippen molar-refractivity contribution in [1.29, 1.82) is 0 Å². The summed E-state index contributed by atoms with van der Waals surface area (Å²) in [4.78, 5) is 14.0. The molecule has 1 fully saturated rings. The van der Waals surface area contributed by atoms with Gasteiger partial charge in [0.25, 0.3) is 0 Å². The molecule has 0 unspecified atom stereocenters. The minimum absolute atomic E-state index is 0.0516. The van der Waals surface area contributed by atoms with E-state index in [1.165, 1.54) is 18.2 Å². The topological polar surface area (TPSA) is 32.3 Å². The largest absolute Gasteiger partial charge is 0.416 e. The minimum Gasteiger partial charge on any atom is -0.342 e. The first-order valence-electron chi connectivity index (χ1n) is 7.49. The molecular weight excluding hydrogens is 293 g/mol. The fourth-order valence-corrected chi connectivity index (χ4v) is 2.97. The standard InChI is InChI=1S/C16H21F3N2O/c1-20-10-12-5-4-8-21(11-12)15(22)9-13-6-2-3-7-14(13)16(17,18)19/h2-3,6-7,12,20H,4-5,8-11H2,1H3/t12-/m0/s1. The highest BCUT2D eigenvalue weighted by Gasteiger charge is 2.34. The summed E-state index contributed by atoms with van der Waals surface area (Å²) in [5.41, 5.74) is -0.664. The van der Waals surface area contributed by atoms with Gasteiger partial charge in [0.2, 0.25) is 5.91 Å². The summed E-state index contributed by atoms with van der Waals surface area (Å²) in [6, 6.07) is 5.30. The molecule has 1 aliphatic rings. The molecule has 1 amide bonds. The molecule has 1 aromatic carbocycles. The lowest BCUT2D eigenvalue weighted by molar-refractivity contribution is -0.138. The van der Waals surface area contributed by atoms with Crippen LogP contribution in [0.25, 0.3) is 0 Å². The SMILES string of the molecule is CNC[C@@H]1CCCN(C(=O)Cc2ccccc2C(F)(F)F)C1. The first kappa shape index (κ1) is 16.8. The number of nitrogens with zero attached hydrogens (tertiary/aromatic N) is 1. The van der Waals surface area contributed by atoms with E-state index in [9.17, 15) is 18.0 Å². The molecule has 3 nitrogen and oxygen atoms in total. The molecule has 6 heteroatoms. The highest BCUT2D eigenvalue weighted by atomic mass is 19.4. The number of hydrogen-bond donors (Lipinski definition) is 1. The quantitative estimate of drug-likeness (QED) is 0.927. The number of rotatable bonds is 4. The second-order valence-electron chi connectivity index (χ2n) is 5.74. The third-order valence-corrected chi connectivity index (χ3v) is 4.03. The van der Waals surface area contributed by atoms with Crippen LogP contribution in [0.3, 0.4) is 0 Å². The predicted octanol–water partition coefficient (Wildman–Crippen LogP) is 2.71. The van der Waals surface area contributed by atoms with Gasteiger partial charge in [-0.15, -0.1) is 0 Å². The van der Waals surface area contributed by atoms with E-state index >= 15 is 0 Å². The maximum absolute atomic E-state index is 13.0. The molecule has 22 heavy (non-hydrogen) atoms. The van der Waals surface area contributed by atoms with E-state index in [0.29, 0.717) is 19.0 Å². The van der Waals surface area contributed by atoms with Gasteiger partial charge in [-0.05, 0) is 44.0 Å². The molecule has 0 bridgehead atoms. The number of amides is 1. The van der Waals surface area contributed by atoms with Gasteiger partial charge in [-0.3, -0.25) is 4.79 Å². The Labute approximate surface area is 128 Å². The number of likely N-dealkylation sites (tertiary alicyclic amines) is 1. The van der Waals surface area contributed by atoms with Gasteiger partial charge in [-0.2, -0.15) is 13.2 Å². The highest BCUT2D eigenvalue weighted by Crippen LogP contribution is 2.32. The molecule has 0 saturated carbocycles. The number of benzene rings is 1. The number of piperidine rings is 1. The summed E-state index contributed by atoms with van der Waals surface area (Å²) in [7, 11) is 1.86. The second-order valence-corrected chi connectivity index (χ2v) is 5.74. The van der Waals surface area contributed by atoms with Gasteiger partial charge in [0.05, 0.1) is 12.0 Å². The monoisotopic (exact) mass is 314 g/mol. The van der Waals surface area contributed by atoms with Gasteiger partial charge in [0.15, 0.2) is 0 Å². The van der Waals surface area contributed by atoms with Crippen LogP contribution < -0.4 is 5.32 Å². The average Bonchev–Trinajstić information content (AvgIpc) is 2.47. The first-order chi connectivity index (χ1) is 10.4. The molecule has 2 rings (SSSR count). The maximum Gasteiger partial charge on any atom is 0.416 e. The minimum atomic E-state index is -4.42. The zero-order chi connectivity index (χ0) is 16.2. The van der Waals surface area contributed by atoms with Crippen LogP contribution in [-0.4, -0.2) is 37.5 Å². The van der Waals surface area contributed by atoms with Crippen molar-refractivity contribution in [2.75, 3.05) is 26.7 Å². The predicted molar refractivity (Wildman–Crippen MR) is 78.4 cm³/mol. The number of halogens is 3. The van der Waals surface area contributed by atoms with Gasteiger partial charge in [0, 0.05) is 13.1 Å². The fraction of sp³-hybridized carbons (Fsp3) is 0.562. The summed E-state index contributed by atoms with van der Waals surface area (Å²) in [5.74, 6) is 0.151. The Morgan fingerprint density at radius 1 is 1.36 bits per heavy atom. The molecule has 0 aliphatic carbocycles. The van der Waals surface area contributed by atoms with Crippen LogP contribution in [-0.2, 0) is 17.4 Å². The van der Waals surface area contributed by atoms with Crippen molar-refractivity contribution < 1.29 is 18.0 Å². The van der Waals surface area contributed by atoms with Crippen molar-refractivity contribution >= 4 is 5.91 Å². The van der Waals surface area contributed by atoms with E-state index in [4.69, 9.17) is 0 Å². The van der Waals surface area contributed by atoms with Crippen LogP contribution in [0.2, 0.25) is 0 Å². The zero-order valence-electron chi connectivity index (χ0n) is 12.6. The van der Waals surface area contributed by atoms with Crippen molar-refractivity contribution in [1.82, 2.24) is 10.2 Å². The molecule has 0 aromatic heterocycles. The van der Waals surface area contributed by atoms with Crippen molar-refractivity contribution in [3.8, 4) is 0 Å². The molecule has 1 heterocycles. The van der Waals surface area contributed by atoms with Gasteiger partial charge in [-0.25, -0.2) is 0 Å². The van der Waals surface area contributed by atoms with Gasteiger partial charge >= 0.3 is 6.18 Å². The van der Waals surface area contributed by atoms with Crippen LogP contribution in [0.5, 0.6) is 0 Å².